The molecule has 0 radical (unpaired) electrons. The van der Waals surface area contributed by atoms with Gasteiger partial charge in [0.15, 0.2) is 0 Å². The molecule has 1 aromatic rings. The number of aliphatic hydroxyl groups excluding tert-OH is 1. The Hall–Kier alpha value is -1.49. The van der Waals surface area contributed by atoms with Crippen molar-refractivity contribution in [2.24, 2.45) is 5.92 Å². The van der Waals surface area contributed by atoms with Gasteiger partial charge in [0.25, 0.3) is 5.91 Å². The lowest BCUT2D eigenvalue weighted by atomic mass is 10.1. The molecule has 0 aliphatic rings. The molecule has 17 heavy (non-hydrogen) atoms. The average molecular weight is 237 g/mol. The molecular formula is C12H19N3O2. The van der Waals surface area contributed by atoms with Gasteiger partial charge in [0.2, 0.25) is 0 Å². The molecule has 1 unspecified atom stereocenters. The fraction of sp³-hybridized carbons (Fsp3) is 0.583. The van der Waals surface area contributed by atoms with E-state index in [1.807, 2.05) is 13.8 Å². The minimum atomic E-state index is -0.516. The highest BCUT2D eigenvalue weighted by atomic mass is 16.3. The van der Waals surface area contributed by atoms with Gasteiger partial charge in [0.1, 0.15) is 5.69 Å². The zero-order chi connectivity index (χ0) is 12.8. The first-order chi connectivity index (χ1) is 7.99. The summed E-state index contributed by atoms with van der Waals surface area (Å²) in [6, 6.07) is 0. The maximum atomic E-state index is 11.6. The van der Waals surface area contributed by atoms with E-state index in [4.69, 9.17) is 0 Å². The molecule has 1 atom stereocenters. The summed E-state index contributed by atoms with van der Waals surface area (Å²) in [5.41, 5.74) is 1.04. The molecule has 1 rings (SSSR count). The van der Waals surface area contributed by atoms with E-state index < -0.39 is 6.10 Å². The van der Waals surface area contributed by atoms with Gasteiger partial charge in [-0.2, -0.15) is 0 Å². The first-order valence-corrected chi connectivity index (χ1v) is 5.74. The van der Waals surface area contributed by atoms with Crippen molar-refractivity contribution in [1.29, 1.82) is 0 Å². The van der Waals surface area contributed by atoms with Crippen molar-refractivity contribution in [1.82, 2.24) is 15.3 Å². The Balaban J connectivity index is 2.42. The molecule has 0 saturated carbocycles. The van der Waals surface area contributed by atoms with E-state index in [0.717, 1.165) is 5.69 Å². The van der Waals surface area contributed by atoms with E-state index in [9.17, 15) is 9.90 Å². The molecule has 5 nitrogen and oxygen atoms in total. The summed E-state index contributed by atoms with van der Waals surface area (Å²) >= 11 is 0. The SMILES string of the molecule is Cc1cnc(C(=O)NCC(O)CC(C)C)cn1. The van der Waals surface area contributed by atoms with Crippen LogP contribution in [-0.4, -0.2) is 33.6 Å². The van der Waals surface area contributed by atoms with Crippen molar-refractivity contribution < 1.29 is 9.90 Å². The maximum Gasteiger partial charge on any atom is 0.271 e. The molecule has 0 aliphatic carbocycles. The van der Waals surface area contributed by atoms with Gasteiger partial charge in [-0.25, -0.2) is 4.98 Å². The van der Waals surface area contributed by atoms with E-state index in [1.54, 1.807) is 13.1 Å². The Morgan fingerprint density at radius 3 is 2.65 bits per heavy atom. The van der Waals surface area contributed by atoms with Crippen molar-refractivity contribution in [2.45, 2.75) is 33.3 Å². The molecule has 0 aromatic carbocycles. The van der Waals surface area contributed by atoms with Crippen LogP contribution in [0.1, 0.15) is 36.5 Å². The van der Waals surface area contributed by atoms with E-state index in [2.05, 4.69) is 15.3 Å². The molecule has 1 amide bonds. The van der Waals surface area contributed by atoms with Crippen LogP contribution in [-0.2, 0) is 0 Å². The van der Waals surface area contributed by atoms with Crippen LogP contribution in [0, 0.1) is 12.8 Å². The lowest BCUT2D eigenvalue weighted by Crippen LogP contribution is -2.33. The van der Waals surface area contributed by atoms with Gasteiger partial charge >= 0.3 is 0 Å². The number of carbonyl (C=O) groups excluding carboxylic acids is 1. The van der Waals surface area contributed by atoms with Crippen LogP contribution < -0.4 is 5.32 Å². The van der Waals surface area contributed by atoms with Crippen LogP contribution in [0.15, 0.2) is 12.4 Å². The number of amides is 1. The lowest BCUT2D eigenvalue weighted by molar-refractivity contribution is 0.0895. The summed E-state index contributed by atoms with van der Waals surface area (Å²) < 4.78 is 0. The Morgan fingerprint density at radius 2 is 2.12 bits per heavy atom. The second-order valence-electron chi connectivity index (χ2n) is 4.54. The third kappa shape index (κ3) is 4.91. The Bertz CT molecular complexity index is 363. The van der Waals surface area contributed by atoms with Crippen LogP contribution in [0.25, 0.3) is 0 Å². The monoisotopic (exact) mass is 237 g/mol. The summed E-state index contributed by atoms with van der Waals surface area (Å²) in [6.45, 7) is 6.10. The molecular weight excluding hydrogens is 218 g/mol. The number of hydrogen-bond acceptors (Lipinski definition) is 4. The third-order valence-corrected chi connectivity index (χ3v) is 2.26. The van der Waals surface area contributed by atoms with E-state index in [0.29, 0.717) is 12.3 Å². The van der Waals surface area contributed by atoms with Gasteiger partial charge in [0.05, 0.1) is 18.0 Å². The van der Waals surface area contributed by atoms with Crippen LogP contribution in [0.5, 0.6) is 0 Å². The van der Waals surface area contributed by atoms with Gasteiger partial charge < -0.3 is 10.4 Å². The molecule has 2 N–H and O–H groups in total. The number of aliphatic hydroxyl groups is 1. The second-order valence-corrected chi connectivity index (χ2v) is 4.54. The highest BCUT2D eigenvalue weighted by Crippen LogP contribution is 2.03. The molecule has 94 valence electrons. The number of hydrogen-bond donors (Lipinski definition) is 2. The molecule has 0 spiro atoms. The lowest BCUT2D eigenvalue weighted by Gasteiger charge is -2.13. The predicted octanol–water partition coefficient (Wildman–Crippen LogP) is 0.922. The fourth-order valence-electron chi connectivity index (χ4n) is 1.44. The van der Waals surface area contributed by atoms with Crippen LogP contribution in [0.2, 0.25) is 0 Å². The fourth-order valence-corrected chi connectivity index (χ4v) is 1.44. The molecule has 0 bridgehead atoms. The zero-order valence-corrected chi connectivity index (χ0v) is 10.5. The number of nitrogens with one attached hydrogen (secondary N) is 1. The van der Waals surface area contributed by atoms with Crippen molar-refractivity contribution in [3.8, 4) is 0 Å². The predicted molar refractivity (Wildman–Crippen MR) is 64.6 cm³/mol. The first kappa shape index (κ1) is 13.6. The van der Waals surface area contributed by atoms with Crippen LogP contribution in [0.4, 0.5) is 0 Å². The van der Waals surface area contributed by atoms with E-state index >= 15 is 0 Å². The molecule has 5 heteroatoms. The Kier molecular flexibility index (Phi) is 5.03. The minimum Gasteiger partial charge on any atom is -0.391 e. The second kappa shape index (κ2) is 6.30. The molecule has 0 aliphatic heterocycles. The van der Waals surface area contributed by atoms with Crippen LogP contribution >= 0.6 is 0 Å². The van der Waals surface area contributed by atoms with Crippen LogP contribution in [0.3, 0.4) is 0 Å². The number of rotatable bonds is 5. The highest BCUT2D eigenvalue weighted by Gasteiger charge is 2.11. The van der Waals surface area contributed by atoms with Crippen molar-refractivity contribution in [2.75, 3.05) is 6.54 Å². The molecule has 0 fully saturated rings. The smallest absolute Gasteiger partial charge is 0.271 e. The topological polar surface area (TPSA) is 75.1 Å². The maximum absolute atomic E-state index is 11.6. The van der Waals surface area contributed by atoms with Gasteiger partial charge in [-0.15, -0.1) is 0 Å². The number of aromatic nitrogens is 2. The third-order valence-electron chi connectivity index (χ3n) is 2.26. The zero-order valence-electron chi connectivity index (χ0n) is 10.5. The molecule has 1 aromatic heterocycles. The van der Waals surface area contributed by atoms with Crippen molar-refractivity contribution >= 4 is 5.91 Å². The van der Waals surface area contributed by atoms with Gasteiger partial charge in [-0.3, -0.25) is 9.78 Å². The number of aryl methyl sites for hydroxylation is 1. The normalized spacial score (nSPS) is 12.5. The summed E-state index contributed by atoms with van der Waals surface area (Å²) in [5.74, 6) is 0.0985. The molecule has 0 saturated heterocycles. The van der Waals surface area contributed by atoms with E-state index in [1.165, 1.54) is 6.20 Å². The largest absolute Gasteiger partial charge is 0.391 e. The number of carbonyl (C=O) groups is 1. The minimum absolute atomic E-state index is 0.243. The van der Waals surface area contributed by atoms with Crippen molar-refractivity contribution in [3.05, 3.63) is 23.8 Å². The first-order valence-electron chi connectivity index (χ1n) is 5.74. The van der Waals surface area contributed by atoms with Gasteiger partial charge in [-0.1, -0.05) is 13.8 Å². The number of nitrogens with zero attached hydrogens (tertiary/aromatic N) is 2. The average Bonchev–Trinajstić information content (AvgIpc) is 2.26. The quantitative estimate of drug-likeness (QED) is 0.798. The summed E-state index contributed by atoms with van der Waals surface area (Å²) in [5, 5.41) is 12.2. The van der Waals surface area contributed by atoms with E-state index in [-0.39, 0.29) is 18.1 Å². The standard InChI is InChI=1S/C12H19N3O2/c1-8(2)4-10(16)6-15-12(17)11-7-13-9(3)5-14-11/h5,7-8,10,16H,4,6H2,1-3H3,(H,15,17). The summed E-state index contributed by atoms with van der Waals surface area (Å²) in [7, 11) is 0. The Morgan fingerprint density at radius 1 is 1.41 bits per heavy atom. The van der Waals surface area contributed by atoms with Gasteiger partial charge in [-0.05, 0) is 19.3 Å². The Labute approximate surface area is 101 Å². The highest BCUT2D eigenvalue weighted by molar-refractivity contribution is 5.91. The molecule has 1 heterocycles. The summed E-state index contributed by atoms with van der Waals surface area (Å²) in [6.07, 6.45) is 3.12. The van der Waals surface area contributed by atoms with Gasteiger partial charge in [0, 0.05) is 12.7 Å². The van der Waals surface area contributed by atoms with Crippen molar-refractivity contribution in [3.63, 3.8) is 0 Å². The summed E-state index contributed by atoms with van der Waals surface area (Å²) in [4.78, 5) is 19.6.